The molecule has 1 atom stereocenters. The van der Waals surface area contributed by atoms with Crippen molar-refractivity contribution in [3.63, 3.8) is 0 Å². The number of nitrogens with one attached hydrogen (secondary N) is 1. The number of carbonyl (C=O) groups is 2. The second-order valence-electron chi connectivity index (χ2n) is 5.81. The molecule has 1 aromatic heterocycles. The molecule has 1 N–H and O–H groups in total. The number of thioether (sulfide) groups is 1. The highest BCUT2D eigenvalue weighted by Gasteiger charge is 2.26. The normalized spacial score (nSPS) is 20.4. The van der Waals surface area contributed by atoms with Crippen LogP contribution in [0.15, 0.2) is 22.2 Å². The summed E-state index contributed by atoms with van der Waals surface area (Å²) < 4.78 is 1.56. The molecule has 0 aliphatic carbocycles. The van der Waals surface area contributed by atoms with Gasteiger partial charge < -0.3 is 10.2 Å². The Kier molecular flexibility index (Phi) is 5.00. The predicted molar refractivity (Wildman–Crippen MR) is 86.2 cm³/mol. The van der Waals surface area contributed by atoms with Crippen LogP contribution in [0.1, 0.15) is 19.3 Å². The average molecular weight is 336 g/mol. The summed E-state index contributed by atoms with van der Waals surface area (Å²) in [5.74, 6) is 0.588. The molecular formula is C15H20N4O3S. The minimum Gasteiger partial charge on any atom is -0.356 e. The number of aromatic nitrogens is 2. The lowest BCUT2D eigenvalue weighted by atomic mass is 10.1. The molecule has 3 rings (SSSR count). The smallest absolute Gasteiger partial charge is 0.254 e. The zero-order valence-electron chi connectivity index (χ0n) is 12.9. The van der Waals surface area contributed by atoms with Crippen LogP contribution in [0, 0.1) is 5.92 Å². The molecule has 1 fully saturated rings. The Morgan fingerprint density at radius 2 is 2.30 bits per heavy atom. The van der Waals surface area contributed by atoms with Crippen molar-refractivity contribution in [2.24, 2.45) is 5.92 Å². The Morgan fingerprint density at radius 3 is 3.09 bits per heavy atom. The Labute approximate surface area is 138 Å². The molecule has 1 unspecified atom stereocenters. The molecule has 23 heavy (non-hydrogen) atoms. The highest BCUT2D eigenvalue weighted by atomic mass is 32.2. The molecule has 1 aromatic rings. The van der Waals surface area contributed by atoms with Gasteiger partial charge in [0.15, 0.2) is 5.16 Å². The van der Waals surface area contributed by atoms with Crippen molar-refractivity contribution in [1.82, 2.24) is 19.8 Å². The number of hydrogen-bond acceptors (Lipinski definition) is 5. The summed E-state index contributed by atoms with van der Waals surface area (Å²) in [4.78, 5) is 41.6. The number of nitrogens with zero attached hydrogens (tertiary/aromatic N) is 3. The fourth-order valence-electron chi connectivity index (χ4n) is 2.88. The number of likely N-dealkylation sites (tertiary alicyclic amines) is 1. The highest BCUT2D eigenvalue weighted by molar-refractivity contribution is 7.99. The Morgan fingerprint density at radius 1 is 1.43 bits per heavy atom. The van der Waals surface area contributed by atoms with Gasteiger partial charge in [0.25, 0.3) is 5.56 Å². The minimum atomic E-state index is -0.220. The van der Waals surface area contributed by atoms with Crippen molar-refractivity contribution in [1.29, 1.82) is 0 Å². The molecular weight excluding hydrogens is 316 g/mol. The number of hydrogen-bond donors (Lipinski definition) is 1. The van der Waals surface area contributed by atoms with Gasteiger partial charge in [0.1, 0.15) is 0 Å². The predicted octanol–water partition coefficient (Wildman–Crippen LogP) is 0.0939. The van der Waals surface area contributed by atoms with Crippen LogP contribution in [-0.2, 0) is 16.1 Å². The molecule has 2 aliphatic heterocycles. The molecule has 2 aliphatic rings. The van der Waals surface area contributed by atoms with E-state index in [9.17, 15) is 14.4 Å². The summed E-state index contributed by atoms with van der Waals surface area (Å²) in [7, 11) is 0. The van der Waals surface area contributed by atoms with Crippen LogP contribution in [0.25, 0.3) is 0 Å². The standard InChI is InChI=1S/C15H20N4O3S/c20-12-3-1-7-18(12)8-2-5-16-14(22)11-9-19-13(21)4-6-17-15(19)23-10-11/h4,6,11H,1-3,5,7-10H2,(H,16,22). The lowest BCUT2D eigenvalue weighted by Gasteiger charge is -2.24. The van der Waals surface area contributed by atoms with Crippen molar-refractivity contribution in [2.75, 3.05) is 25.4 Å². The van der Waals surface area contributed by atoms with Crippen LogP contribution < -0.4 is 10.9 Å². The Bertz CT molecular complexity index is 660. The van der Waals surface area contributed by atoms with Crippen LogP contribution >= 0.6 is 11.8 Å². The van der Waals surface area contributed by atoms with Gasteiger partial charge in [-0.2, -0.15) is 0 Å². The minimum absolute atomic E-state index is 0.0355. The average Bonchev–Trinajstić information content (AvgIpc) is 2.96. The maximum atomic E-state index is 12.2. The monoisotopic (exact) mass is 336 g/mol. The maximum Gasteiger partial charge on any atom is 0.254 e. The molecule has 2 amide bonds. The molecule has 8 heteroatoms. The van der Waals surface area contributed by atoms with Gasteiger partial charge in [-0.3, -0.25) is 19.0 Å². The van der Waals surface area contributed by atoms with Crippen molar-refractivity contribution in [2.45, 2.75) is 31.0 Å². The summed E-state index contributed by atoms with van der Waals surface area (Å²) in [5.41, 5.74) is -0.118. The van der Waals surface area contributed by atoms with E-state index in [4.69, 9.17) is 0 Å². The lowest BCUT2D eigenvalue weighted by molar-refractivity contribution is -0.127. The molecule has 0 aromatic carbocycles. The molecule has 124 valence electrons. The molecule has 7 nitrogen and oxygen atoms in total. The molecule has 0 bridgehead atoms. The van der Waals surface area contributed by atoms with Crippen molar-refractivity contribution < 1.29 is 9.59 Å². The fraction of sp³-hybridized carbons (Fsp3) is 0.600. The number of rotatable bonds is 5. The third-order valence-electron chi connectivity index (χ3n) is 4.16. The van der Waals surface area contributed by atoms with Gasteiger partial charge in [0.05, 0.1) is 5.92 Å². The molecule has 1 saturated heterocycles. The molecule has 0 spiro atoms. The third kappa shape index (κ3) is 3.74. The highest BCUT2D eigenvalue weighted by Crippen LogP contribution is 2.24. The van der Waals surface area contributed by atoms with Crippen molar-refractivity contribution in [3.8, 4) is 0 Å². The van der Waals surface area contributed by atoms with E-state index < -0.39 is 0 Å². The van der Waals surface area contributed by atoms with E-state index in [1.807, 2.05) is 4.90 Å². The van der Waals surface area contributed by atoms with E-state index in [2.05, 4.69) is 10.3 Å². The van der Waals surface area contributed by atoms with Crippen LogP contribution in [0.5, 0.6) is 0 Å². The largest absolute Gasteiger partial charge is 0.356 e. The SMILES string of the molecule is O=C(NCCCN1CCCC1=O)C1CSc2nccc(=O)n2C1. The summed E-state index contributed by atoms with van der Waals surface area (Å²) in [6.07, 6.45) is 3.84. The van der Waals surface area contributed by atoms with E-state index in [0.29, 0.717) is 37.0 Å². The third-order valence-corrected chi connectivity index (χ3v) is 5.31. The van der Waals surface area contributed by atoms with Gasteiger partial charge in [-0.1, -0.05) is 11.8 Å². The first kappa shape index (κ1) is 16.0. The second kappa shape index (κ2) is 7.16. The van der Waals surface area contributed by atoms with E-state index in [-0.39, 0.29) is 23.3 Å². The fourth-order valence-corrected chi connectivity index (χ4v) is 3.94. The quantitative estimate of drug-likeness (QED) is 0.609. The van der Waals surface area contributed by atoms with Crippen LogP contribution in [0.2, 0.25) is 0 Å². The number of carbonyl (C=O) groups excluding carboxylic acids is 2. The summed E-state index contributed by atoms with van der Waals surface area (Å²) >= 11 is 1.44. The number of amides is 2. The summed E-state index contributed by atoms with van der Waals surface area (Å²) in [6, 6.07) is 1.41. The first-order valence-corrected chi connectivity index (χ1v) is 8.88. The van der Waals surface area contributed by atoms with Gasteiger partial charge >= 0.3 is 0 Å². The van der Waals surface area contributed by atoms with E-state index in [1.54, 1.807) is 4.57 Å². The zero-order chi connectivity index (χ0) is 16.2. The summed E-state index contributed by atoms with van der Waals surface area (Å²) in [6.45, 7) is 2.47. The van der Waals surface area contributed by atoms with Gasteiger partial charge in [-0.05, 0) is 12.8 Å². The topological polar surface area (TPSA) is 84.3 Å². The van der Waals surface area contributed by atoms with Gasteiger partial charge in [0.2, 0.25) is 11.8 Å². The van der Waals surface area contributed by atoms with Crippen molar-refractivity contribution in [3.05, 3.63) is 22.6 Å². The van der Waals surface area contributed by atoms with E-state index in [1.165, 1.54) is 24.0 Å². The van der Waals surface area contributed by atoms with Gasteiger partial charge in [-0.15, -0.1) is 0 Å². The molecule has 0 radical (unpaired) electrons. The Balaban J connectivity index is 1.45. The Hall–Kier alpha value is -1.83. The van der Waals surface area contributed by atoms with Crippen molar-refractivity contribution >= 4 is 23.6 Å². The maximum absolute atomic E-state index is 12.2. The first-order valence-electron chi connectivity index (χ1n) is 7.89. The summed E-state index contributed by atoms with van der Waals surface area (Å²) in [5, 5.41) is 3.59. The second-order valence-corrected chi connectivity index (χ2v) is 6.80. The number of fused-ring (bicyclic) bond motifs is 1. The van der Waals surface area contributed by atoms with Crippen LogP contribution in [0.4, 0.5) is 0 Å². The first-order chi connectivity index (χ1) is 11.1. The zero-order valence-corrected chi connectivity index (χ0v) is 13.7. The van der Waals surface area contributed by atoms with E-state index in [0.717, 1.165) is 19.4 Å². The van der Waals surface area contributed by atoms with Crippen LogP contribution in [0.3, 0.4) is 0 Å². The van der Waals surface area contributed by atoms with Gasteiger partial charge in [0, 0.05) is 50.6 Å². The molecule has 3 heterocycles. The van der Waals surface area contributed by atoms with Gasteiger partial charge in [-0.25, -0.2) is 4.98 Å². The van der Waals surface area contributed by atoms with Crippen LogP contribution in [-0.4, -0.2) is 51.7 Å². The molecule has 0 saturated carbocycles. The lowest BCUT2D eigenvalue weighted by Crippen LogP contribution is -2.40. The van der Waals surface area contributed by atoms with E-state index >= 15 is 0 Å².